The monoisotopic (exact) mass is 389 g/mol. The van der Waals surface area contributed by atoms with E-state index in [0.29, 0.717) is 34.8 Å². The molecule has 2 N–H and O–H groups in total. The van der Waals surface area contributed by atoms with Crippen LogP contribution in [-0.2, 0) is 0 Å². The molecule has 0 saturated heterocycles. The van der Waals surface area contributed by atoms with Crippen molar-refractivity contribution >= 4 is 17.3 Å². The molecule has 0 fully saturated rings. The van der Waals surface area contributed by atoms with Crippen LogP contribution in [0.15, 0.2) is 91.4 Å². The van der Waals surface area contributed by atoms with Crippen molar-refractivity contribution in [3.8, 4) is 0 Å². The lowest BCUT2D eigenvalue weighted by molar-refractivity contribution is 0.655. The summed E-state index contributed by atoms with van der Waals surface area (Å²) in [4.78, 5) is 12.4. The standard InChI is InChI=1S/C24H31N5/c1-9-17(5)18(6)12-14-21(10-2)29-20(8)28(19(7)13-11-16(3)4)22-23(25)26-15-27-24(22)29/h10-15,17H,2-3,7-9H2,1,4-6H3,(H2,25,26,27). The first kappa shape index (κ1) is 22.0. The number of allylic oxidation sites excluding steroid dienone is 7. The Labute approximate surface area is 174 Å². The Balaban J connectivity index is 2.55. The van der Waals surface area contributed by atoms with Gasteiger partial charge in [0, 0.05) is 11.4 Å². The van der Waals surface area contributed by atoms with E-state index in [1.165, 1.54) is 11.9 Å². The maximum atomic E-state index is 6.20. The van der Waals surface area contributed by atoms with Crippen LogP contribution in [0.3, 0.4) is 0 Å². The Morgan fingerprint density at radius 2 is 1.86 bits per heavy atom. The highest BCUT2D eigenvalue weighted by atomic mass is 15.4. The molecule has 152 valence electrons. The predicted octanol–water partition coefficient (Wildman–Crippen LogP) is 5.86. The summed E-state index contributed by atoms with van der Waals surface area (Å²) in [6.07, 6.45) is 12.2. The van der Waals surface area contributed by atoms with Crippen molar-refractivity contribution in [2.45, 2.75) is 34.1 Å². The molecule has 0 radical (unpaired) electrons. The third kappa shape index (κ3) is 4.57. The van der Waals surface area contributed by atoms with Gasteiger partial charge in [-0.05, 0) is 44.4 Å². The number of rotatable bonds is 8. The maximum absolute atomic E-state index is 6.20. The van der Waals surface area contributed by atoms with Gasteiger partial charge in [0.2, 0.25) is 0 Å². The first-order chi connectivity index (χ1) is 13.7. The molecule has 0 spiro atoms. The topological polar surface area (TPSA) is 58.3 Å². The summed E-state index contributed by atoms with van der Waals surface area (Å²) >= 11 is 0. The number of nitrogens with two attached hydrogens (primary N) is 1. The SMILES string of the molecule is C=CC(=CC=C(C)C(C)CC)N1C(=C)N(C(=C)C=CC(=C)C)c2c(N)ncnc21. The second-order valence-electron chi connectivity index (χ2n) is 7.20. The summed E-state index contributed by atoms with van der Waals surface area (Å²) in [5, 5.41) is 0. The number of hydrogen-bond acceptors (Lipinski definition) is 5. The number of hydrogen-bond donors (Lipinski definition) is 1. The molecule has 2 rings (SSSR count). The van der Waals surface area contributed by atoms with Crippen molar-refractivity contribution in [2.24, 2.45) is 5.92 Å². The van der Waals surface area contributed by atoms with E-state index in [0.717, 1.165) is 17.7 Å². The van der Waals surface area contributed by atoms with Crippen LogP contribution in [0.25, 0.3) is 0 Å². The molecule has 5 heteroatoms. The zero-order valence-electron chi connectivity index (χ0n) is 17.9. The van der Waals surface area contributed by atoms with E-state index in [9.17, 15) is 0 Å². The number of anilines is 3. The lowest BCUT2D eigenvalue weighted by Crippen LogP contribution is -2.25. The summed E-state index contributed by atoms with van der Waals surface area (Å²) in [6, 6.07) is 0. The number of fused-ring (bicyclic) bond motifs is 1. The van der Waals surface area contributed by atoms with Crippen LogP contribution in [0.5, 0.6) is 0 Å². The normalized spacial score (nSPS) is 15.7. The highest BCUT2D eigenvalue weighted by Crippen LogP contribution is 2.46. The van der Waals surface area contributed by atoms with E-state index in [1.54, 1.807) is 6.08 Å². The van der Waals surface area contributed by atoms with Gasteiger partial charge in [-0.15, -0.1) is 0 Å². The Morgan fingerprint density at radius 3 is 2.45 bits per heavy atom. The molecule has 0 bridgehead atoms. The molecule has 0 aromatic carbocycles. The first-order valence-corrected chi connectivity index (χ1v) is 9.65. The van der Waals surface area contributed by atoms with Gasteiger partial charge in [0.05, 0.1) is 0 Å². The highest BCUT2D eigenvalue weighted by molar-refractivity contribution is 5.91. The van der Waals surface area contributed by atoms with Crippen LogP contribution in [-0.4, -0.2) is 9.97 Å². The van der Waals surface area contributed by atoms with Crippen LogP contribution in [0.1, 0.15) is 34.1 Å². The zero-order valence-corrected chi connectivity index (χ0v) is 17.9. The summed E-state index contributed by atoms with van der Waals surface area (Å²) in [5.74, 6) is 2.17. The largest absolute Gasteiger partial charge is 0.382 e. The Morgan fingerprint density at radius 1 is 1.17 bits per heavy atom. The van der Waals surface area contributed by atoms with E-state index in [1.807, 2.05) is 35.0 Å². The van der Waals surface area contributed by atoms with Gasteiger partial charge >= 0.3 is 0 Å². The van der Waals surface area contributed by atoms with E-state index in [-0.39, 0.29) is 0 Å². The third-order valence-electron chi connectivity index (χ3n) is 5.00. The molecular formula is C24H31N5. The van der Waals surface area contributed by atoms with Gasteiger partial charge in [-0.25, -0.2) is 9.97 Å². The van der Waals surface area contributed by atoms with Crippen molar-refractivity contribution in [3.63, 3.8) is 0 Å². The maximum Gasteiger partial charge on any atom is 0.168 e. The minimum Gasteiger partial charge on any atom is -0.382 e. The lowest BCUT2D eigenvalue weighted by atomic mass is 10.00. The fourth-order valence-electron chi connectivity index (χ4n) is 2.94. The molecule has 1 aliphatic rings. The third-order valence-corrected chi connectivity index (χ3v) is 5.00. The summed E-state index contributed by atoms with van der Waals surface area (Å²) < 4.78 is 0. The fourth-order valence-corrected chi connectivity index (χ4v) is 2.94. The summed E-state index contributed by atoms with van der Waals surface area (Å²) in [7, 11) is 0. The van der Waals surface area contributed by atoms with Crippen LogP contribution < -0.4 is 15.5 Å². The van der Waals surface area contributed by atoms with Gasteiger partial charge in [-0.2, -0.15) is 0 Å². The quantitative estimate of drug-likeness (QED) is 0.564. The smallest absolute Gasteiger partial charge is 0.168 e. The molecule has 5 nitrogen and oxygen atoms in total. The average molecular weight is 390 g/mol. The molecule has 0 saturated carbocycles. The zero-order chi connectivity index (χ0) is 21.7. The summed E-state index contributed by atoms with van der Waals surface area (Å²) in [6.45, 7) is 24.8. The van der Waals surface area contributed by atoms with Gasteiger partial charge < -0.3 is 5.73 Å². The minimum absolute atomic E-state index is 0.360. The number of nitrogen functional groups attached to an aromatic ring is 1. The molecule has 1 unspecified atom stereocenters. The van der Waals surface area contributed by atoms with E-state index in [4.69, 9.17) is 5.73 Å². The van der Waals surface area contributed by atoms with Gasteiger partial charge in [0.1, 0.15) is 17.8 Å². The molecular weight excluding hydrogens is 358 g/mol. The van der Waals surface area contributed by atoms with Crippen LogP contribution in [0.2, 0.25) is 0 Å². The van der Waals surface area contributed by atoms with Crippen molar-refractivity contribution < 1.29 is 0 Å². The second-order valence-corrected chi connectivity index (χ2v) is 7.20. The van der Waals surface area contributed by atoms with E-state index in [2.05, 4.69) is 63.1 Å². The van der Waals surface area contributed by atoms with Crippen molar-refractivity contribution in [3.05, 3.63) is 91.4 Å². The highest BCUT2D eigenvalue weighted by Gasteiger charge is 2.36. The second kappa shape index (κ2) is 9.24. The van der Waals surface area contributed by atoms with Gasteiger partial charge in [0.15, 0.2) is 11.6 Å². The Bertz CT molecular complexity index is 933. The Kier molecular flexibility index (Phi) is 6.99. The average Bonchev–Trinajstić information content (AvgIpc) is 2.99. The van der Waals surface area contributed by atoms with Gasteiger partial charge in [-0.3, -0.25) is 9.80 Å². The molecule has 0 amide bonds. The van der Waals surface area contributed by atoms with Crippen molar-refractivity contribution in [1.29, 1.82) is 0 Å². The first-order valence-electron chi connectivity index (χ1n) is 9.65. The fraction of sp³-hybridized carbons (Fsp3) is 0.250. The number of nitrogens with zero attached hydrogens (tertiary/aromatic N) is 4. The molecule has 29 heavy (non-hydrogen) atoms. The summed E-state index contributed by atoms with van der Waals surface area (Å²) in [5.41, 5.74) is 10.6. The van der Waals surface area contributed by atoms with Crippen LogP contribution >= 0.6 is 0 Å². The van der Waals surface area contributed by atoms with E-state index >= 15 is 0 Å². The van der Waals surface area contributed by atoms with Crippen molar-refractivity contribution in [1.82, 2.24) is 9.97 Å². The molecule has 0 aliphatic carbocycles. The van der Waals surface area contributed by atoms with Crippen LogP contribution in [0.4, 0.5) is 17.3 Å². The van der Waals surface area contributed by atoms with Gasteiger partial charge in [0.25, 0.3) is 0 Å². The molecule has 1 aromatic heterocycles. The minimum atomic E-state index is 0.360. The van der Waals surface area contributed by atoms with Crippen molar-refractivity contribution in [2.75, 3.05) is 15.5 Å². The lowest BCUT2D eigenvalue weighted by Gasteiger charge is -2.24. The molecule has 1 aromatic rings. The molecule has 2 heterocycles. The Hall–Kier alpha value is -3.34. The van der Waals surface area contributed by atoms with E-state index < -0.39 is 0 Å². The number of aromatic nitrogens is 2. The van der Waals surface area contributed by atoms with Gasteiger partial charge in [-0.1, -0.05) is 63.5 Å². The molecule has 1 aliphatic heterocycles. The van der Waals surface area contributed by atoms with Crippen LogP contribution in [0, 0.1) is 5.92 Å². The molecule has 1 atom stereocenters. The predicted molar refractivity (Wildman–Crippen MR) is 125 cm³/mol.